The van der Waals surface area contributed by atoms with Gasteiger partial charge in [-0.25, -0.2) is 9.59 Å². The highest BCUT2D eigenvalue weighted by atomic mass is 16.6. The van der Waals surface area contributed by atoms with Gasteiger partial charge in [0.25, 0.3) is 0 Å². The van der Waals surface area contributed by atoms with Gasteiger partial charge in [0, 0.05) is 7.11 Å². The first kappa shape index (κ1) is 21.8. The Hall–Kier alpha value is -2.20. The number of hydrogen-bond acceptors (Lipinski definition) is 10. The Kier molecular flexibility index (Phi) is 10.3. The fourth-order valence-electron chi connectivity index (χ4n) is 1.66. The zero-order valence-electron chi connectivity index (χ0n) is 14.1. The van der Waals surface area contributed by atoms with E-state index < -0.39 is 48.9 Å². The van der Waals surface area contributed by atoms with Gasteiger partial charge in [-0.1, -0.05) is 0 Å². The molecule has 0 unspecified atom stereocenters. The molecule has 0 aromatic carbocycles. The SMILES string of the molecule is COCCOCC(=O)OC(CC(=O)OC)(CC(=O)OC)C(=O)OC. The highest BCUT2D eigenvalue weighted by molar-refractivity contribution is 5.92. The van der Waals surface area contributed by atoms with E-state index in [1.807, 2.05) is 0 Å². The van der Waals surface area contributed by atoms with Crippen LogP contribution in [0.4, 0.5) is 0 Å². The summed E-state index contributed by atoms with van der Waals surface area (Å²) in [4.78, 5) is 47.1. The first-order chi connectivity index (χ1) is 11.3. The summed E-state index contributed by atoms with van der Waals surface area (Å²) in [6.07, 6.45) is -1.43. The summed E-state index contributed by atoms with van der Waals surface area (Å²) in [5.74, 6) is -3.82. The molecule has 0 aliphatic rings. The summed E-state index contributed by atoms with van der Waals surface area (Å²) >= 11 is 0. The minimum Gasteiger partial charge on any atom is -0.469 e. The van der Waals surface area contributed by atoms with Gasteiger partial charge < -0.3 is 28.4 Å². The van der Waals surface area contributed by atoms with Gasteiger partial charge in [0.05, 0.1) is 47.4 Å². The lowest BCUT2D eigenvalue weighted by Gasteiger charge is -2.28. The molecule has 138 valence electrons. The fraction of sp³-hybridized carbons (Fsp3) is 0.714. The Morgan fingerprint density at radius 2 is 1.29 bits per heavy atom. The molecule has 0 spiro atoms. The predicted octanol–water partition coefficient (Wildman–Crippen LogP) is -0.769. The number of hydrogen-bond donors (Lipinski definition) is 0. The lowest BCUT2D eigenvalue weighted by atomic mass is 9.95. The topological polar surface area (TPSA) is 124 Å². The highest BCUT2D eigenvalue weighted by Gasteiger charge is 2.48. The van der Waals surface area contributed by atoms with E-state index in [0.29, 0.717) is 0 Å². The van der Waals surface area contributed by atoms with Crippen molar-refractivity contribution < 1.29 is 47.6 Å². The van der Waals surface area contributed by atoms with Crippen molar-refractivity contribution in [1.82, 2.24) is 0 Å². The van der Waals surface area contributed by atoms with Crippen LogP contribution in [-0.4, -0.2) is 77.7 Å². The molecule has 10 heteroatoms. The molecule has 0 aliphatic carbocycles. The minimum absolute atomic E-state index is 0.116. The third-order valence-electron chi connectivity index (χ3n) is 2.83. The van der Waals surface area contributed by atoms with Crippen LogP contribution < -0.4 is 0 Å². The van der Waals surface area contributed by atoms with Gasteiger partial charge in [-0.3, -0.25) is 9.59 Å². The van der Waals surface area contributed by atoms with Crippen LogP contribution in [0.2, 0.25) is 0 Å². The van der Waals surface area contributed by atoms with E-state index in [0.717, 1.165) is 21.3 Å². The van der Waals surface area contributed by atoms with Crippen molar-refractivity contribution in [2.75, 3.05) is 48.3 Å². The second-order valence-corrected chi connectivity index (χ2v) is 4.51. The van der Waals surface area contributed by atoms with Crippen molar-refractivity contribution in [3.8, 4) is 0 Å². The number of ether oxygens (including phenoxy) is 6. The molecule has 24 heavy (non-hydrogen) atoms. The molecule has 0 heterocycles. The lowest BCUT2D eigenvalue weighted by molar-refractivity contribution is -0.191. The van der Waals surface area contributed by atoms with Gasteiger partial charge in [0.2, 0.25) is 5.60 Å². The van der Waals surface area contributed by atoms with E-state index in [2.05, 4.69) is 14.2 Å². The average Bonchev–Trinajstić information content (AvgIpc) is 2.57. The maximum Gasteiger partial charge on any atom is 0.351 e. The molecule has 0 aliphatic heterocycles. The van der Waals surface area contributed by atoms with Crippen LogP contribution in [0.1, 0.15) is 12.8 Å². The predicted molar refractivity (Wildman–Crippen MR) is 76.8 cm³/mol. The molecule has 10 nitrogen and oxygen atoms in total. The summed E-state index contributed by atoms with van der Waals surface area (Å²) in [7, 11) is 4.64. The molecule has 0 amide bonds. The number of carbonyl (C=O) groups is 4. The first-order valence-electron chi connectivity index (χ1n) is 6.85. The van der Waals surface area contributed by atoms with Crippen LogP contribution >= 0.6 is 0 Å². The first-order valence-corrected chi connectivity index (χ1v) is 6.85. The average molecular weight is 350 g/mol. The third kappa shape index (κ3) is 7.38. The number of rotatable bonds is 11. The maximum absolute atomic E-state index is 12.1. The molecular formula is C14H22O10. The summed E-state index contributed by atoms with van der Waals surface area (Å²) in [6.45, 7) is -0.144. The third-order valence-corrected chi connectivity index (χ3v) is 2.83. The van der Waals surface area contributed by atoms with Crippen LogP contribution in [-0.2, 0) is 47.6 Å². The molecule has 0 fully saturated rings. The van der Waals surface area contributed by atoms with Crippen molar-refractivity contribution in [3.05, 3.63) is 0 Å². The second kappa shape index (κ2) is 11.4. The standard InChI is InChI=1S/C14H22O10/c1-19-5-6-23-9-12(17)24-14(13(18)22-4,7-10(15)20-2)8-11(16)21-3/h5-9H2,1-4H3. The zero-order chi connectivity index (χ0) is 18.6. The van der Waals surface area contributed by atoms with Gasteiger partial charge in [-0.2, -0.15) is 0 Å². The highest BCUT2D eigenvalue weighted by Crippen LogP contribution is 2.25. The van der Waals surface area contributed by atoms with E-state index in [9.17, 15) is 19.2 Å². The molecule has 0 radical (unpaired) electrons. The van der Waals surface area contributed by atoms with Crippen molar-refractivity contribution in [1.29, 1.82) is 0 Å². The van der Waals surface area contributed by atoms with Crippen molar-refractivity contribution in [2.24, 2.45) is 0 Å². The summed E-state index contributed by atoms with van der Waals surface area (Å²) in [6, 6.07) is 0. The maximum atomic E-state index is 12.1. The smallest absolute Gasteiger partial charge is 0.351 e. The minimum atomic E-state index is -2.20. The van der Waals surface area contributed by atoms with Crippen LogP contribution in [0, 0.1) is 0 Å². The van der Waals surface area contributed by atoms with Gasteiger partial charge in [-0.05, 0) is 0 Å². The van der Waals surface area contributed by atoms with Gasteiger partial charge in [0.1, 0.15) is 6.61 Å². The van der Waals surface area contributed by atoms with Gasteiger partial charge >= 0.3 is 23.9 Å². The Morgan fingerprint density at radius 3 is 1.71 bits per heavy atom. The second-order valence-electron chi connectivity index (χ2n) is 4.51. The van der Waals surface area contributed by atoms with Gasteiger partial charge in [0.15, 0.2) is 0 Å². The molecule has 0 N–H and O–H groups in total. The van der Waals surface area contributed by atoms with Crippen molar-refractivity contribution >= 4 is 23.9 Å². The summed E-state index contributed by atoms with van der Waals surface area (Å²) in [5, 5.41) is 0. The van der Waals surface area contributed by atoms with E-state index in [4.69, 9.17) is 14.2 Å². The molecule has 0 rings (SSSR count). The monoisotopic (exact) mass is 350 g/mol. The van der Waals surface area contributed by atoms with Crippen LogP contribution in [0.25, 0.3) is 0 Å². The molecular weight excluding hydrogens is 328 g/mol. The molecule has 0 bridgehead atoms. The van der Waals surface area contributed by atoms with E-state index in [-0.39, 0.29) is 13.2 Å². The summed E-state index contributed by atoms with van der Waals surface area (Å²) < 4.78 is 28.3. The fourth-order valence-corrected chi connectivity index (χ4v) is 1.66. The van der Waals surface area contributed by atoms with Crippen LogP contribution in [0.3, 0.4) is 0 Å². The number of carbonyl (C=O) groups excluding carboxylic acids is 4. The Bertz CT molecular complexity index is 427. The van der Waals surface area contributed by atoms with E-state index >= 15 is 0 Å². The molecule has 0 aromatic rings. The number of esters is 4. The van der Waals surface area contributed by atoms with Crippen molar-refractivity contribution in [3.63, 3.8) is 0 Å². The molecule has 0 atom stereocenters. The normalized spacial score (nSPS) is 10.7. The van der Waals surface area contributed by atoms with Crippen LogP contribution in [0.15, 0.2) is 0 Å². The van der Waals surface area contributed by atoms with Crippen LogP contribution in [0.5, 0.6) is 0 Å². The summed E-state index contributed by atoms with van der Waals surface area (Å²) in [5.41, 5.74) is -2.20. The van der Waals surface area contributed by atoms with Gasteiger partial charge in [-0.15, -0.1) is 0 Å². The molecule has 0 saturated carbocycles. The molecule has 0 aromatic heterocycles. The van der Waals surface area contributed by atoms with E-state index in [1.165, 1.54) is 7.11 Å². The molecule has 0 saturated heterocycles. The Balaban J connectivity index is 5.23. The van der Waals surface area contributed by atoms with Crippen molar-refractivity contribution in [2.45, 2.75) is 18.4 Å². The largest absolute Gasteiger partial charge is 0.469 e. The van der Waals surface area contributed by atoms with E-state index in [1.54, 1.807) is 0 Å². The quantitative estimate of drug-likeness (QED) is 0.266. The Morgan fingerprint density at radius 1 is 0.750 bits per heavy atom. The number of methoxy groups -OCH3 is 4. The lowest BCUT2D eigenvalue weighted by Crippen LogP contribution is -2.48. The zero-order valence-corrected chi connectivity index (χ0v) is 14.1. The Labute approximate surface area is 139 Å².